The van der Waals surface area contributed by atoms with Crippen LogP contribution in [0.25, 0.3) is 0 Å². The smallest absolute Gasteiger partial charge is 0.314 e. The summed E-state index contributed by atoms with van der Waals surface area (Å²) in [5.74, 6) is 0. The largest absolute Gasteiger partial charge is 0.318 e. The van der Waals surface area contributed by atoms with Crippen LogP contribution in [0.4, 0.5) is 0 Å². The summed E-state index contributed by atoms with van der Waals surface area (Å²) in [5.41, 5.74) is 0. The van der Waals surface area contributed by atoms with Crippen molar-refractivity contribution >= 4 is 20.7 Å². The fourth-order valence-corrected chi connectivity index (χ4v) is 0.250. The van der Waals surface area contributed by atoms with Gasteiger partial charge in [-0.1, -0.05) is 0 Å². The summed E-state index contributed by atoms with van der Waals surface area (Å²) in [6, 6.07) is 0. The lowest BCUT2D eigenvalue weighted by atomic mass is 11.8. The molecule has 0 heterocycles. The average molecular weight is 147 g/mol. The number of rotatable bonds is 2. The van der Waals surface area contributed by atoms with Crippen molar-refractivity contribution < 1.29 is 13.6 Å². The maximum absolute atomic E-state index is 9.92. The van der Waals surface area contributed by atoms with Gasteiger partial charge in [-0.3, -0.25) is 4.57 Å². The summed E-state index contributed by atoms with van der Waals surface area (Å²) in [4.78, 5) is 0. The summed E-state index contributed by atoms with van der Waals surface area (Å²) in [5, 5.41) is 0. The molecular weight excluding hydrogens is 138 g/mol. The first-order valence-corrected chi connectivity index (χ1v) is 2.65. The van der Waals surface area contributed by atoms with Crippen molar-refractivity contribution in [1.29, 1.82) is 0 Å². The molecule has 0 atom stereocenters. The highest BCUT2D eigenvalue weighted by molar-refractivity contribution is 7.33. The van der Waals surface area contributed by atoms with Crippen molar-refractivity contribution in [2.45, 2.75) is 0 Å². The standard InChI is InChI=1S/C2H7O3P.ClH/c1-4-6(3)5-2;/h6H,1-2H3;1H. The Morgan fingerprint density at radius 3 is 1.57 bits per heavy atom. The monoisotopic (exact) mass is 146 g/mol. The van der Waals surface area contributed by atoms with E-state index in [0.29, 0.717) is 0 Å². The Morgan fingerprint density at radius 2 is 1.57 bits per heavy atom. The van der Waals surface area contributed by atoms with Crippen molar-refractivity contribution in [1.82, 2.24) is 0 Å². The van der Waals surface area contributed by atoms with Gasteiger partial charge in [0, 0.05) is 14.2 Å². The topological polar surface area (TPSA) is 35.5 Å². The molecule has 0 aliphatic rings. The molecule has 0 aliphatic heterocycles. The molecule has 0 radical (unpaired) electrons. The van der Waals surface area contributed by atoms with Gasteiger partial charge in [0.05, 0.1) is 0 Å². The second-order valence-electron chi connectivity index (χ2n) is 0.658. The zero-order valence-corrected chi connectivity index (χ0v) is 5.95. The van der Waals surface area contributed by atoms with Gasteiger partial charge < -0.3 is 9.05 Å². The molecule has 0 spiro atoms. The Balaban J connectivity index is 0. The van der Waals surface area contributed by atoms with E-state index in [1.165, 1.54) is 14.2 Å². The highest BCUT2D eigenvalue weighted by atomic mass is 35.5. The minimum atomic E-state index is -2.12. The van der Waals surface area contributed by atoms with E-state index in [2.05, 4.69) is 9.05 Å². The molecule has 0 aliphatic carbocycles. The Morgan fingerprint density at radius 1 is 1.29 bits per heavy atom. The van der Waals surface area contributed by atoms with Crippen LogP contribution in [-0.4, -0.2) is 14.2 Å². The van der Waals surface area contributed by atoms with Gasteiger partial charge in [0.25, 0.3) is 0 Å². The van der Waals surface area contributed by atoms with Crippen LogP contribution in [-0.2, 0) is 13.6 Å². The van der Waals surface area contributed by atoms with E-state index in [-0.39, 0.29) is 12.4 Å². The lowest BCUT2D eigenvalue weighted by molar-refractivity contribution is 0.302. The number of hydrogen-bond acceptors (Lipinski definition) is 3. The van der Waals surface area contributed by atoms with E-state index < -0.39 is 8.25 Å². The second-order valence-corrected chi connectivity index (χ2v) is 1.97. The van der Waals surface area contributed by atoms with E-state index in [1.54, 1.807) is 0 Å². The number of hydrogen-bond donors (Lipinski definition) is 0. The molecule has 0 aromatic carbocycles. The Kier molecular flexibility index (Phi) is 9.59. The van der Waals surface area contributed by atoms with Crippen molar-refractivity contribution in [3.8, 4) is 0 Å². The molecular formula is C2H8ClO3P. The summed E-state index contributed by atoms with van der Waals surface area (Å²) in [6.07, 6.45) is 0. The van der Waals surface area contributed by atoms with Crippen LogP contribution in [0.5, 0.6) is 0 Å². The van der Waals surface area contributed by atoms with Crippen LogP contribution in [0.15, 0.2) is 0 Å². The fraction of sp³-hybridized carbons (Fsp3) is 1.00. The van der Waals surface area contributed by atoms with Crippen LogP contribution < -0.4 is 0 Å². The molecule has 0 saturated carbocycles. The molecule has 0 aromatic rings. The SMILES string of the molecule is CO[PH](=O)OC.Cl. The molecule has 5 heteroatoms. The molecule has 0 unspecified atom stereocenters. The highest BCUT2D eigenvalue weighted by Gasteiger charge is 1.83. The average Bonchev–Trinajstić information content (AvgIpc) is 1.65. The number of halogens is 1. The Labute approximate surface area is 49.4 Å². The third kappa shape index (κ3) is 6.44. The van der Waals surface area contributed by atoms with Gasteiger partial charge in [0.15, 0.2) is 0 Å². The lowest BCUT2D eigenvalue weighted by Crippen LogP contribution is -1.66. The predicted octanol–water partition coefficient (Wildman–Crippen LogP) is 1.09. The van der Waals surface area contributed by atoms with Crippen LogP contribution >= 0.6 is 20.7 Å². The highest BCUT2D eigenvalue weighted by Crippen LogP contribution is 2.18. The molecule has 3 nitrogen and oxygen atoms in total. The summed E-state index contributed by atoms with van der Waals surface area (Å²) in [6.45, 7) is 0. The molecule has 0 N–H and O–H groups in total. The summed E-state index contributed by atoms with van der Waals surface area (Å²) < 4.78 is 18.4. The maximum atomic E-state index is 9.92. The molecule has 7 heavy (non-hydrogen) atoms. The van der Waals surface area contributed by atoms with E-state index in [1.807, 2.05) is 0 Å². The van der Waals surface area contributed by atoms with Crippen molar-refractivity contribution in [2.24, 2.45) is 0 Å². The minimum Gasteiger partial charge on any atom is -0.314 e. The van der Waals surface area contributed by atoms with Crippen LogP contribution in [0.1, 0.15) is 0 Å². The fourth-order valence-electron chi connectivity index (χ4n) is 0.0833. The van der Waals surface area contributed by atoms with Gasteiger partial charge in [-0.2, -0.15) is 0 Å². The predicted molar refractivity (Wildman–Crippen MR) is 30.3 cm³/mol. The lowest BCUT2D eigenvalue weighted by Gasteiger charge is -1.89. The minimum absolute atomic E-state index is 0. The normalized spacial score (nSPS) is 8.43. The molecule has 0 fully saturated rings. The maximum Gasteiger partial charge on any atom is 0.318 e. The third-order valence-electron chi connectivity index (χ3n) is 0.333. The van der Waals surface area contributed by atoms with Crippen molar-refractivity contribution in [3.05, 3.63) is 0 Å². The van der Waals surface area contributed by atoms with Gasteiger partial charge in [0.2, 0.25) is 0 Å². The Bertz CT molecular complexity index is 50.9. The summed E-state index contributed by atoms with van der Waals surface area (Å²) in [7, 11) is 0.558. The van der Waals surface area contributed by atoms with Gasteiger partial charge >= 0.3 is 8.25 Å². The molecule has 46 valence electrons. The summed E-state index contributed by atoms with van der Waals surface area (Å²) >= 11 is 0. The van der Waals surface area contributed by atoms with Gasteiger partial charge in [0.1, 0.15) is 0 Å². The molecule has 0 bridgehead atoms. The second kappa shape index (κ2) is 6.44. The van der Waals surface area contributed by atoms with Crippen molar-refractivity contribution in [3.63, 3.8) is 0 Å². The first-order chi connectivity index (χ1) is 2.81. The van der Waals surface area contributed by atoms with E-state index in [4.69, 9.17) is 0 Å². The van der Waals surface area contributed by atoms with E-state index in [0.717, 1.165) is 0 Å². The zero-order chi connectivity index (χ0) is 4.99. The van der Waals surface area contributed by atoms with Crippen LogP contribution in [0, 0.1) is 0 Å². The first-order valence-electron chi connectivity index (χ1n) is 1.43. The molecule has 0 rings (SSSR count). The van der Waals surface area contributed by atoms with E-state index in [9.17, 15) is 4.57 Å². The quantitative estimate of drug-likeness (QED) is 0.547. The van der Waals surface area contributed by atoms with Crippen LogP contribution in [0.3, 0.4) is 0 Å². The zero-order valence-electron chi connectivity index (χ0n) is 4.13. The molecule has 0 aromatic heterocycles. The van der Waals surface area contributed by atoms with Crippen LogP contribution in [0.2, 0.25) is 0 Å². The van der Waals surface area contributed by atoms with E-state index >= 15 is 0 Å². The molecule has 0 saturated heterocycles. The van der Waals surface area contributed by atoms with Gasteiger partial charge in [-0.25, -0.2) is 0 Å². The van der Waals surface area contributed by atoms with Crippen molar-refractivity contribution in [2.75, 3.05) is 14.2 Å². The van der Waals surface area contributed by atoms with Gasteiger partial charge in [-0.15, -0.1) is 12.4 Å². The molecule has 0 amide bonds. The first kappa shape index (κ1) is 10.4. The third-order valence-corrected chi connectivity index (χ3v) is 1.00. The van der Waals surface area contributed by atoms with Gasteiger partial charge in [-0.05, 0) is 0 Å². The Hall–Kier alpha value is 0.440.